The minimum atomic E-state index is -1.28. The Morgan fingerprint density at radius 3 is 2.30 bits per heavy atom. The van der Waals surface area contributed by atoms with E-state index in [0.717, 1.165) is 23.7 Å². The second kappa shape index (κ2) is 5.59. The van der Waals surface area contributed by atoms with Crippen LogP contribution in [0.3, 0.4) is 0 Å². The van der Waals surface area contributed by atoms with Gasteiger partial charge in [-0.15, -0.1) is 0 Å². The van der Waals surface area contributed by atoms with Gasteiger partial charge < -0.3 is 4.74 Å². The predicted molar refractivity (Wildman–Crippen MR) is 100 cm³/mol. The smallest absolute Gasteiger partial charge is 0.0639 e. The summed E-state index contributed by atoms with van der Waals surface area (Å²) in [5.74, 6) is 3.35. The SMILES string of the molecule is CC[Si](CC)(CC)C12CC(C=C1C1CC3C=CC1C3)C(OC)C2. The average Bonchev–Trinajstić information content (AvgIpc) is 3.35. The van der Waals surface area contributed by atoms with Crippen LogP contribution in [0, 0.1) is 23.7 Å². The molecule has 0 aromatic heterocycles. The minimum absolute atomic E-state index is 0.504. The molecule has 4 rings (SSSR count). The third-order valence-corrected chi connectivity index (χ3v) is 15.4. The third kappa shape index (κ3) is 2.00. The second-order valence-electron chi connectivity index (χ2n) is 8.78. The van der Waals surface area contributed by atoms with Gasteiger partial charge in [-0.05, 0) is 48.5 Å². The van der Waals surface area contributed by atoms with Crippen molar-refractivity contribution < 1.29 is 4.74 Å². The van der Waals surface area contributed by atoms with E-state index in [1.807, 2.05) is 12.7 Å². The molecule has 0 radical (unpaired) electrons. The Bertz CT molecular complexity index is 524. The highest BCUT2D eigenvalue weighted by Gasteiger charge is 2.63. The van der Waals surface area contributed by atoms with Crippen molar-refractivity contribution in [2.45, 2.75) is 75.7 Å². The molecule has 0 N–H and O–H groups in total. The highest BCUT2D eigenvalue weighted by atomic mass is 28.3. The number of methoxy groups -OCH3 is 1. The van der Waals surface area contributed by atoms with Crippen LogP contribution in [-0.2, 0) is 4.74 Å². The van der Waals surface area contributed by atoms with Crippen LogP contribution in [0.4, 0.5) is 0 Å². The molecule has 128 valence electrons. The molecule has 0 heterocycles. The van der Waals surface area contributed by atoms with Gasteiger partial charge in [0.25, 0.3) is 0 Å². The van der Waals surface area contributed by atoms with Crippen molar-refractivity contribution in [1.82, 2.24) is 0 Å². The second-order valence-corrected chi connectivity index (χ2v) is 14.4. The Hall–Kier alpha value is -0.343. The molecule has 2 heteroatoms. The zero-order valence-electron chi connectivity index (χ0n) is 15.5. The molecular weight excluding hydrogens is 296 g/mol. The molecule has 0 aromatic carbocycles. The maximum atomic E-state index is 5.94. The van der Waals surface area contributed by atoms with Gasteiger partial charge in [0.15, 0.2) is 0 Å². The summed E-state index contributed by atoms with van der Waals surface area (Å²) in [7, 11) is 0.663. The van der Waals surface area contributed by atoms with Crippen LogP contribution in [0.1, 0.15) is 46.5 Å². The van der Waals surface area contributed by atoms with E-state index < -0.39 is 8.07 Å². The Morgan fingerprint density at radius 2 is 1.78 bits per heavy atom. The van der Waals surface area contributed by atoms with E-state index in [2.05, 4.69) is 39.0 Å². The lowest BCUT2D eigenvalue weighted by Crippen LogP contribution is -2.48. The molecule has 23 heavy (non-hydrogen) atoms. The highest BCUT2D eigenvalue weighted by Crippen LogP contribution is 2.71. The average molecular weight is 331 g/mol. The first kappa shape index (κ1) is 16.1. The van der Waals surface area contributed by atoms with Gasteiger partial charge in [-0.3, -0.25) is 0 Å². The van der Waals surface area contributed by atoms with Gasteiger partial charge in [0, 0.05) is 13.0 Å². The van der Waals surface area contributed by atoms with Crippen LogP contribution in [0.5, 0.6) is 0 Å². The van der Waals surface area contributed by atoms with Crippen molar-refractivity contribution in [2.75, 3.05) is 7.11 Å². The molecule has 6 atom stereocenters. The summed E-state index contributed by atoms with van der Waals surface area (Å²) in [5.41, 5.74) is 1.94. The molecule has 2 saturated carbocycles. The lowest BCUT2D eigenvalue weighted by atomic mass is 9.79. The van der Waals surface area contributed by atoms with Crippen molar-refractivity contribution in [3.05, 3.63) is 23.8 Å². The molecule has 0 aromatic rings. The van der Waals surface area contributed by atoms with Gasteiger partial charge in [0.05, 0.1) is 14.2 Å². The van der Waals surface area contributed by atoms with Crippen molar-refractivity contribution >= 4 is 8.07 Å². The number of rotatable bonds is 6. The first-order valence-corrected chi connectivity index (χ1v) is 12.7. The normalized spacial score (nSPS) is 44.3. The van der Waals surface area contributed by atoms with Gasteiger partial charge >= 0.3 is 0 Å². The monoisotopic (exact) mass is 330 g/mol. The Kier molecular flexibility index (Phi) is 3.92. The van der Waals surface area contributed by atoms with Crippen LogP contribution < -0.4 is 0 Å². The molecule has 0 aliphatic heterocycles. The van der Waals surface area contributed by atoms with E-state index in [0.29, 0.717) is 11.1 Å². The predicted octanol–water partition coefficient (Wildman–Crippen LogP) is 5.81. The van der Waals surface area contributed by atoms with Gasteiger partial charge in [0.1, 0.15) is 0 Å². The van der Waals surface area contributed by atoms with Crippen molar-refractivity contribution in [2.24, 2.45) is 23.7 Å². The first-order chi connectivity index (χ1) is 11.1. The van der Waals surface area contributed by atoms with E-state index in [4.69, 9.17) is 4.74 Å². The Labute approximate surface area is 143 Å². The summed E-state index contributed by atoms with van der Waals surface area (Å²) < 4.78 is 5.94. The van der Waals surface area contributed by atoms with Crippen LogP contribution >= 0.6 is 0 Å². The third-order valence-electron chi connectivity index (χ3n) is 8.58. The zero-order valence-corrected chi connectivity index (χ0v) is 16.5. The van der Waals surface area contributed by atoms with Crippen LogP contribution in [0.15, 0.2) is 23.8 Å². The van der Waals surface area contributed by atoms with E-state index >= 15 is 0 Å². The maximum Gasteiger partial charge on any atom is 0.0639 e. The van der Waals surface area contributed by atoms with Gasteiger partial charge in [-0.25, -0.2) is 0 Å². The van der Waals surface area contributed by atoms with Crippen LogP contribution in [0.2, 0.25) is 23.2 Å². The first-order valence-electron chi connectivity index (χ1n) is 10.1. The van der Waals surface area contributed by atoms with Crippen LogP contribution in [0.25, 0.3) is 0 Å². The molecule has 0 spiro atoms. The number of hydrogen-bond acceptors (Lipinski definition) is 1. The highest BCUT2D eigenvalue weighted by molar-refractivity contribution is 6.83. The lowest BCUT2D eigenvalue weighted by molar-refractivity contribution is 0.0808. The van der Waals surface area contributed by atoms with Gasteiger partial charge in [-0.1, -0.05) is 62.7 Å². The minimum Gasteiger partial charge on any atom is -0.381 e. The van der Waals surface area contributed by atoms with Gasteiger partial charge in [0.2, 0.25) is 0 Å². The standard InChI is InChI=1S/C21H34OSi/c1-5-23(6-2,7-3)21-13-17(20(14-21)22-4)12-19(21)18-11-15-8-9-16(18)10-15/h8-9,12,15-18,20H,5-7,10-11,13-14H2,1-4H3. The summed E-state index contributed by atoms with van der Waals surface area (Å²) in [6, 6.07) is 4.37. The fourth-order valence-electron chi connectivity index (χ4n) is 7.28. The lowest BCUT2D eigenvalue weighted by Gasteiger charge is -2.50. The molecule has 2 fully saturated rings. The van der Waals surface area contributed by atoms with E-state index in [9.17, 15) is 0 Å². The summed E-state index contributed by atoms with van der Waals surface area (Å²) in [5, 5.41) is 0.569. The van der Waals surface area contributed by atoms with E-state index in [1.165, 1.54) is 43.8 Å². The Balaban J connectivity index is 1.76. The van der Waals surface area contributed by atoms with E-state index in [1.54, 1.807) is 0 Å². The van der Waals surface area contributed by atoms with Crippen molar-refractivity contribution in [3.63, 3.8) is 0 Å². The van der Waals surface area contributed by atoms with E-state index in [-0.39, 0.29) is 0 Å². The van der Waals surface area contributed by atoms with Gasteiger partial charge in [-0.2, -0.15) is 0 Å². The van der Waals surface area contributed by atoms with Crippen LogP contribution in [-0.4, -0.2) is 21.3 Å². The molecular formula is C21H34OSi. The summed E-state index contributed by atoms with van der Waals surface area (Å²) >= 11 is 0. The molecule has 4 bridgehead atoms. The Morgan fingerprint density at radius 1 is 1.04 bits per heavy atom. The maximum absolute atomic E-state index is 5.94. The molecule has 4 aliphatic rings. The fraction of sp³-hybridized carbons (Fsp3) is 0.810. The largest absolute Gasteiger partial charge is 0.381 e. The topological polar surface area (TPSA) is 9.23 Å². The van der Waals surface area contributed by atoms with Crippen molar-refractivity contribution in [3.8, 4) is 0 Å². The number of fused-ring (bicyclic) bond motifs is 4. The molecule has 4 aliphatic carbocycles. The summed E-state index contributed by atoms with van der Waals surface area (Å²) in [4.78, 5) is 0. The number of hydrogen-bond donors (Lipinski definition) is 0. The molecule has 1 nitrogen and oxygen atoms in total. The molecule has 6 unspecified atom stereocenters. The summed E-state index contributed by atoms with van der Waals surface area (Å²) in [6.45, 7) is 7.50. The number of allylic oxidation sites excluding steroid dienone is 3. The summed E-state index contributed by atoms with van der Waals surface area (Å²) in [6.07, 6.45) is 14.0. The molecule has 0 saturated heterocycles. The molecule has 0 amide bonds. The van der Waals surface area contributed by atoms with Crippen molar-refractivity contribution in [1.29, 1.82) is 0 Å². The fourth-order valence-corrected chi connectivity index (χ4v) is 13.0. The zero-order chi connectivity index (χ0) is 16.2. The quantitative estimate of drug-likeness (QED) is 0.441. The number of ether oxygens (including phenoxy) is 1.